The van der Waals surface area contributed by atoms with E-state index in [0.717, 1.165) is 0 Å². The minimum atomic E-state index is 1.18. The Labute approximate surface area is 91.9 Å². The Morgan fingerprint density at radius 1 is 1.07 bits per heavy atom. The molecule has 0 fully saturated rings. The molecule has 2 aromatic rings. The second-order valence-electron chi connectivity index (χ2n) is 3.73. The zero-order chi connectivity index (χ0) is 10.8. The fraction of sp³-hybridized carbons (Fsp3) is 0.333. The molecule has 0 N–H and O–H groups in total. The number of hydrogen-bond donors (Lipinski definition) is 0. The molecule has 76 valence electrons. The van der Waals surface area contributed by atoms with Crippen LogP contribution in [0.15, 0.2) is 18.2 Å². The Bertz CT molecular complexity index is 470. The third-order valence-electron chi connectivity index (χ3n) is 2.93. The summed E-state index contributed by atoms with van der Waals surface area (Å²) in [5, 5.41) is 2.71. The van der Waals surface area contributed by atoms with E-state index in [9.17, 15) is 0 Å². The summed E-state index contributed by atoms with van der Waals surface area (Å²) in [6, 6.07) is 12.8. The van der Waals surface area contributed by atoms with Crippen LogP contribution in [-0.4, -0.2) is 0 Å². The average Bonchev–Trinajstić information content (AvgIpc) is 2.71. The van der Waals surface area contributed by atoms with Gasteiger partial charge in [-0.3, -0.25) is 0 Å². The predicted octanol–water partition coefficient (Wildman–Crippen LogP) is 3.87. The highest BCUT2D eigenvalue weighted by molar-refractivity contribution is 5.91. The van der Waals surface area contributed by atoms with Gasteiger partial charge in [0.25, 0.3) is 0 Å². The van der Waals surface area contributed by atoms with Gasteiger partial charge < -0.3 is 0 Å². The summed E-state index contributed by atoms with van der Waals surface area (Å²) in [7, 11) is 0. The van der Waals surface area contributed by atoms with Crippen molar-refractivity contribution in [2.24, 2.45) is 0 Å². The number of rotatable bonds is 0. The van der Waals surface area contributed by atoms with Crippen LogP contribution in [0.25, 0.3) is 10.8 Å². The van der Waals surface area contributed by atoms with E-state index in [-0.39, 0.29) is 0 Å². The lowest BCUT2D eigenvalue weighted by molar-refractivity contribution is 1.02. The Hall–Kier alpha value is -1.48. The lowest BCUT2D eigenvalue weighted by Gasteiger charge is -2.00. The molecular weight excluding hydrogens is 180 g/mol. The van der Waals surface area contributed by atoms with Crippen molar-refractivity contribution < 1.29 is 0 Å². The Morgan fingerprint density at radius 3 is 2.60 bits per heavy atom. The summed E-state index contributed by atoms with van der Waals surface area (Å²) in [6.07, 6.45) is 2.37. The molecule has 0 heteroatoms. The quantitative estimate of drug-likeness (QED) is 0.600. The monoisotopic (exact) mass is 196 g/mol. The maximum absolute atomic E-state index is 3.22. The maximum Gasteiger partial charge on any atom is 0.0356 e. The molecule has 0 saturated carbocycles. The summed E-state index contributed by atoms with van der Waals surface area (Å²) >= 11 is 0. The van der Waals surface area contributed by atoms with Crippen LogP contribution < -0.4 is 0 Å². The second kappa shape index (κ2) is 3.95. The molecule has 0 nitrogen and oxygen atoms in total. The predicted molar refractivity (Wildman–Crippen MR) is 65.1 cm³/mol. The molecule has 0 bridgehead atoms. The van der Waals surface area contributed by atoms with Crippen molar-refractivity contribution in [1.82, 2.24) is 0 Å². The van der Waals surface area contributed by atoms with Gasteiger partial charge in [0.15, 0.2) is 0 Å². The smallest absolute Gasteiger partial charge is 0.0356 e. The fourth-order valence-electron chi connectivity index (χ4n) is 2.22. The standard InChI is InChI=1S/C13H10.C2H6/c1-9-5-6-11-8-7-10-3-2-4-12(9)13(10)11;1-2/h3,5-6H,7-8H2,1H3;1-2H3. The Balaban J connectivity index is 0.000000404. The van der Waals surface area contributed by atoms with Gasteiger partial charge >= 0.3 is 0 Å². The van der Waals surface area contributed by atoms with Gasteiger partial charge in [0.1, 0.15) is 0 Å². The summed E-state index contributed by atoms with van der Waals surface area (Å²) in [5.41, 5.74) is 4.26. The van der Waals surface area contributed by atoms with E-state index in [1.54, 1.807) is 0 Å². The van der Waals surface area contributed by atoms with E-state index >= 15 is 0 Å². The van der Waals surface area contributed by atoms with Crippen molar-refractivity contribution in [3.63, 3.8) is 0 Å². The molecule has 0 amide bonds. The van der Waals surface area contributed by atoms with Crippen LogP contribution in [0.3, 0.4) is 0 Å². The first-order valence-corrected chi connectivity index (χ1v) is 5.70. The minimum absolute atomic E-state index is 1.18. The van der Waals surface area contributed by atoms with Gasteiger partial charge in [0.05, 0.1) is 0 Å². The van der Waals surface area contributed by atoms with Crippen molar-refractivity contribution in [1.29, 1.82) is 0 Å². The summed E-state index contributed by atoms with van der Waals surface area (Å²) in [4.78, 5) is 0. The molecule has 15 heavy (non-hydrogen) atoms. The van der Waals surface area contributed by atoms with Crippen LogP contribution in [0.5, 0.6) is 0 Å². The third-order valence-corrected chi connectivity index (χ3v) is 2.93. The van der Waals surface area contributed by atoms with Crippen molar-refractivity contribution in [3.8, 4) is 0 Å². The van der Waals surface area contributed by atoms with Gasteiger partial charge in [0.2, 0.25) is 0 Å². The second-order valence-corrected chi connectivity index (χ2v) is 3.73. The van der Waals surface area contributed by atoms with Gasteiger partial charge in [-0.2, -0.15) is 0 Å². The maximum atomic E-state index is 3.22. The van der Waals surface area contributed by atoms with E-state index in [1.807, 2.05) is 13.8 Å². The highest BCUT2D eigenvalue weighted by Crippen LogP contribution is 2.30. The number of hydrogen-bond acceptors (Lipinski definition) is 0. The topological polar surface area (TPSA) is 0 Å². The van der Waals surface area contributed by atoms with E-state index in [2.05, 4.69) is 37.3 Å². The van der Waals surface area contributed by atoms with Gasteiger partial charge in [-0.05, 0) is 47.9 Å². The molecule has 1 aliphatic rings. The van der Waals surface area contributed by atoms with Crippen molar-refractivity contribution in [3.05, 3.63) is 47.0 Å². The Kier molecular flexibility index (Phi) is 2.64. The molecule has 0 unspecified atom stereocenters. The van der Waals surface area contributed by atoms with Crippen LogP contribution in [0.4, 0.5) is 0 Å². The lowest BCUT2D eigenvalue weighted by Crippen LogP contribution is -1.80. The molecule has 0 radical (unpaired) electrons. The van der Waals surface area contributed by atoms with Crippen LogP contribution in [-0.2, 0) is 12.8 Å². The Morgan fingerprint density at radius 2 is 1.80 bits per heavy atom. The summed E-state index contributed by atoms with van der Waals surface area (Å²) in [5.74, 6) is 0. The zero-order valence-corrected chi connectivity index (χ0v) is 9.65. The van der Waals surface area contributed by atoms with E-state index in [1.165, 1.54) is 40.3 Å². The summed E-state index contributed by atoms with van der Waals surface area (Å²) < 4.78 is 0. The van der Waals surface area contributed by atoms with E-state index < -0.39 is 0 Å². The third kappa shape index (κ3) is 1.49. The van der Waals surface area contributed by atoms with Gasteiger partial charge in [-0.25, -0.2) is 0 Å². The molecule has 0 atom stereocenters. The molecule has 2 aromatic carbocycles. The molecule has 0 heterocycles. The highest BCUT2D eigenvalue weighted by atomic mass is 14.2. The first kappa shape index (κ1) is 10.1. The zero-order valence-electron chi connectivity index (χ0n) is 9.65. The number of aryl methyl sites for hydroxylation is 3. The SMILES string of the molecule is CC.Cc1ccc2c3c(cc#cc13)CC2. The average molecular weight is 196 g/mol. The van der Waals surface area contributed by atoms with E-state index in [4.69, 9.17) is 0 Å². The molecule has 3 rings (SSSR count). The molecule has 1 aliphatic carbocycles. The van der Waals surface area contributed by atoms with Gasteiger partial charge in [0, 0.05) is 5.39 Å². The van der Waals surface area contributed by atoms with Crippen LogP contribution in [0.2, 0.25) is 0 Å². The van der Waals surface area contributed by atoms with Crippen LogP contribution in [0.1, 0.15) is 30.5 Å². The van der Waals surface area contributed by atoms with Gasteiger partial charge in [-0.1, -0.05) is 38.1 Å². The van der Waals surface area contributed by atoms with Gasteiger partial charge in [-0.15, -0.1) is 0 Å². The first-order valence-electron chi connectivity index (χ1n) is 5.70. The normalized spacial score (nSPS) is 11.9. The van der Waals surface area contributed by atoms with Crippen LogP contribution >= 0.6 is 0 Å². The number of benzene rings is 1. The molecular formula is C15H16. The van der Waals surface area contributed by atoms with Crippen LogP contribution in [0, 0.1) is 19.1 Å². The summed E-state index contributed by atoms with van der Waals surface area (Å²) in [6.45, 7) is 6.14. The minimum Gasteiger partial charge on any atom is -0.0693 e. The largest absolute Gasteiger partial charge is 0.0693 e. The van der Waals surface area contributed by atoms with E-state index in [0.29, 0.717) is 0 Å². The first-order chi connectivity index (χ1) is 7.36. The van der Waals surface area contributed by atoms with Crippen molar-refractivity contribution in [2.75, 3.05) is 0 Å². The van der Waals surface area contributed by atoms with Crippen molar-refractivity contribution >= 4 is 10.8 Å². The van der Waals surface area contributed by atoms with Crippen molar-refractivity contribution in [2.45, 2.75) is 33.6 Å². The highest BCUT2D eigenvalue weighted by Gasteiger charge is 2.13. The molecule has 0 aromatic heterocycles. The molecule has 0 spiro atoms. The fourth-order valence-corrected chi connectivity index (χ4v) is 2.22. The molecule has 0 saturated heterocycles. The molecule has 0 aliphatic heterocycles. The lowest BCUT2D eigenvalue weighted by atomic mass is 10.0.